The summed E-state index contributed by atoms with van der Waals surface area (Å²) >= 11 is 5.70. The summed E-state index contributed by atoms with van der Waals surface area (Å²) < 4.78 is 27.2. The minimum absolute atomic E-state index is 0.0638. The molecule has 1 rings (SSSR count). The first-order chi connectivity index (χ1) is 9.11. The molecule has 0 aromatic heterocycles. The van der Waals surface area contributed by atoms with Crippen LogP contribution < -0.4 is 0 Å². The monoisotopic (exact) mass is 306 g/mol. The summed E-state index contributed by atoms with van der Waals surface area (Å²) in [6.45, 7) is 3.26. The van der Waals surface area contributed by atoms with Crippen LogP contribution in [0.3, 0.4) is 0 Å². The molecule has 0 radical (unpaired) electrons. The Bertz CT molecular complexity index is 564. The molecular formula is C12H13ClF2N2O3. The highest BCUT2D eigenvalue weighted by atomic mass is 35.5. The summed E-state index contributed by atoms with van der Waals surface area (Å²) in [6, 6.07) is 1.06. The fourth-order valence-electron chi connectivity index (χ4n) is 1.41. The summed E-state index contributed by atoms with van der Waals surface area (Å²) in [6.07, 6.45) is 0. The Labute approximate surface area is 119 Å². The maximum absolute atomic E-state index is 13.9. The summed E-state index contributed by atoms with van der Waals surface area (Å²) in [4.78, 5) is 22.8. The van der Waals surface area contributed by atoms with Crippen molar-refractivity contribution in [3.8, 4) is 0 Å². The van der Waals surface area contributed by atoms with E-state index in [1.807, 2.05) is 0 Å². The molecule has 0 aliphatic carbocycles. The highest BCUT2D eigenvalue weighted by molar-refractivity contribution is 6.18. The van der Waals surface area contributed by atoms with Gasteiger partial charge >= 0.3 is 5.69 Å². The van der Waals surface area contributed by atoms with Crippen LogP contribution in [0.1, 0.15) is 24.2 Å². The largest absolute Gasteiger partial charge is 0.335 e. The number of nitrogens with zero attached hydrogens (tertiary/aromatic N) is 2. The van der Waals surface area contributed by atoms with Crippen LogP contribution in [0.2, 0.25) is 0 Å². The number of nitro groups is 1. The van der Waals surface area contributed by atoms with Gasteiger partial charge in [0.05, 0.1) is 22.1 Å². The quantitative estimate of drug-likeness (QED) is 0.488. The molecule has 0 bridgehead atoms. The van der Waals surface area contributed by atoms with Gasteiger partial charge in [-0.25, -0.2) is 4.39 Å². The van der Waals surface area contributed by atoms with Gasteiger partial charge in [-0.05, 0) is 19.9 Å². The molecular weight excluding hydrogens is 294 g/mol. The van der Waals surface area contributed by atoms with Crippen molar-refractivity contribution in [3.63, 3.8) is 0 Å². The summed E-state index contributed by atoms with van der Waals surface area (Å²) in [7, 11) is 1.36. The summed E-state index contributed by atoms with van der Waals surface area (Å²) in [5.41, 5.74) is -2.59. The van der Waals surface area contributed by atoms with E-state index in [0.717, 1.165) is 4.90 Å². The molecule has 0 N–H and O–H groups in total. The fraction of sp³-hybridized carbons (Fsp3) is 0.417. The number of amides is 1. The van der Waals surface area contributed by atoms with E-state index in [4.69, 9.17) is 11.6 Å². The third-order valence-corrected chi connectivity index (χ3v) is 3.64. The van der Waals surface area contributed by atoms with Gasteiger partial charge < -0.3 is 4.90 Å². The SMILES string of the molecule is CN(C(=O)c1cc(F)cc([N+](=O)[O-])c1F)C(C)(C)CCl. The van der Waals surface area contributed by atoms with E-state index >= 15 is 0 Å². The second kappa shape index (κ2) is 5.70. The van der Waals surface area contributed by atoms with Crippen LogP contribution in [-0.2, 0) is 0 Å². The van der Waals surface area contributed by atoms with E-state index in [-0.39, 0.29) is 5.88 Å². The number of benzene rings is 1. The molecule has 0 spiro atoms. The maximum Gasteiger partial charge on any atom is 0.308 e. The number of nitro benzene ring substituents is 1. The van der Waals surface area contributed by atoms with Crippen LogP contribution in [0.15, 0.2) is 12.1 Å². The van der Waals surface area contributed by atoms with Crippen LogP contribution in [0.4, 0.5) is 14.5 Å². The summed E-state index contributed by atoms with van der Waals surface area (Å²) in [5.74, 6) is -3.23. The van der Waals surface area contributed by atoms with Gasteiger partial charge in [-0.2, -0.15) is 4.39 Å². The normalized spacial score (nSPS) is 11.3. The van der Waals surface area contributed by atoms with E-state index < -0.39 is 39.3 Å². The highest BCUT2D eigenvalue weighted by Crippen LogP contribution is 2.25. The van der Waals surface area contributed by atoms with Gasteiger partial charge in [0, 0.05) is 12.9 Å². The molecule has 0 atom stereocenters. The molecule has 1 aromatic carbocycles. The standard InChI is InChI=1S/C12H13ClF2N2O3/c1-12(2,6-13)16(3)11(18)8-4-7(14)5-9(10(8)15)17(19)20/h4-5H,6H2,1-3H3. The topological polar surface area (TPSA) is 63.5 Å². The molecule has 1 amide bonds. The first kappa shape index (κ1) is 16.3. The number of rotatable bonds is 4. The zero-order valence-corrected chi connectivity index (χ0v) is 11.9. The number of halogens is 3. The van der Waals surface area contributed by atoms with Crippen molar-refractivity contribution in [1.29, 1.82) is 0 Å². The van der Waals surface area contributed by atoms with Gasteiger partial charge in [0.1, 0.15) is 5.82 Å². The van der Waals surface area contributed by atoms with E-state index in [1.54, 1.807) is 13.8 Å². The summed E-state index contributed by atoms with van der Waals surface area (Å²) in [5, 5.41) is 10.6. The number of carbonyl (C=O) groups excluding carboxylic acids is 1. The third kappa shape index (κ3) is 3.04. The molecule has 8 heteroatoms. The third-order valence-electron chi connectivity index (χ3n) is 2.98. The lowest BCUT2D eigenvalue weighted by Gasteiger charge is -2.33. The fourth-order valence-corrected chi connectivity index (χ4v) is 1.59. The van der Waals surface area contributed by atoms with Crippen molar-refractivity contribution in [2.24, 2.45) is 0 Å². The van der Waals surface area contributed by atoms with E-state index in [9.17, 15) is 23.7 Å². The Morgan fingerprint density at radius 3 is 2.45 bits per heavy atom. The second-order valence-corrected chi connectivity index (χ2v) is 5.12. The number of alkyl halides is 1. The van der Waals surface area contributed by atoms with Gasteiger partial charge in [-0.1, -0.05) is 0 Å². The Morgan fingerprint density at radius 2 is 2.00 bits per heavy atom. The van der Waals surface area contributed by atoms with Crippen LogP contribution in [0, 0.1) is 21.7 Å². The van der Waals surface area contributed by atoms with Crippen molar-refractivity contribution < 1.29 is 18.5 Å². The van der Waals surface area contributed by atoms with Crippen molar-refractivity contribution >= 4 is 23.2 Å². The lowest BCUT2D eigenvalue weighted by atomic mass is 10.0. The lowest BCUT2D eigenvalue weighted by Crippen LogP contribution is -2.46. The minimum atomic E-state index is -1.36. The van der Waals surface area contributed by atoms with Crippen molar-refractivity contribution in [2.45, 2.75) is 19.4 Å². The molecule has 0 aliphatic rings. The first-order valence-electron chi connectivity index (χ1n) is 5.59. The highest BCUT2D eigenvalue weighted by Gasteiger charge is 2.32. The molecule has 5 nitrogen and oxygen atoms in total. The molecule has 0 saturated carbocycles. The van der Waals surface area contributed by atoms with Gasteiger partial charge in [0.2, 0.25) is 5.82 Å². The maximum atomic E-state index is 13.9. The predicted molar refractivity (Wildman–Crippen MR) is 69.9 cm³/mol. The Hall–Kier alpha value is -1.76. The average Bonchev–Trinajstić information content (AvgIpc) is 2.38. The Morgan fingerprint density at radius 1 is 1.45 bits per heavy atom. The van der Waals surface area contributed by atoms with Crippen LogP contribution in [0.25, 0.3) is 0 Å². The average molecular weight is 307 g/mol. The first-order valence-corrected chi connectivity index (χ1v) is 6.13. The van der Waals surface area contributed by atoms with Crippen LogP contribution in [0.5, 0.6) is 0 Å². The van der Waals surface area contributed by atoms with E-state index in [1.165, 1.54) is 7.05 Å². The Kier molecular flexibility index (Phi) is 4.65. The second-order valence-electron chi connectivity index (χ2n) is 4.85. The molecule has 1 aromatic rings. The molecule has 0 heterocycles. The van der Waals surface area contributed by atoms with Gasteiger partial charge in [0.25, 0.3) is 5.91 Å². The van der Waals surface area contributed by atoms with Gasteiger partial charge in [-0.3, -0.25) is 14.9 Å². The minimum Gasteiger partial charge on any atom is -0.335 e. The predicted octanol–water partition coefficient (Wildman–Crippen LogP) is 2.96. The zero-order chi connectivity index (χ0) is 15.7. The lowest BCUT2D eigenvalue weighted by molar-refractivity contribution is -0.387. The van der Waals surface area contributed by atoms with Crippen molar-refractivity contribution in [3.05, 3.63) is 39.4 Å². The number of carbonyl (C=O) groups is 1. The molecule has 0 fully saturated rings. The van der Waals surface area contributed by atoms with Gasteiger partial charge in [0.15, 0.2) is 0 Å². The Balaban J connectivity index is 3.34. The van der Waals surface area contributed by atoms with Crippen molar-refractivity contribution in [2.75, 3.05) is 12.9 Å². The smallest absolute Gasteiger partial charge is 0.308 e. The molecule has 0 aliphatic heterocycles. The molecule has 0 saturated heterocycles. The van der Waals surface area contributed by atoms with Crippen molar-refractivity contribution in [1.82, 2.24) is 4.90 Å². The number of hydrogen-bond donors (Lipinski definition) is 0. The van der Waals surface area contributed by atoms with Crippen LogP contribution in [-0.4, -0.2) is 34.2 Å². The van der Waals surface area contributed by atoms with Gasteiger partial charge in [-0.15, -0.1) is 11.6 Å². The zero-order valence-electron chi connectivity index (χ0n) is 11.1. The number of hydrogen-bond acceptors (Lipinski definition) is 3. The molecule has 20 heavy (non-hydrogen) atoms. The van der Waals surface area contributed by atoms with Crippen LogP contribution >= 0.6 is 11.6 Å². The molecule has 110 valence electrons. The van der Waals surface area contributed by atoms with E-state index in [2.05, 4.69) is 0 Å². The van der Waals surface area contributed by atoms with E-state index in [0.29, 0.717) is 12.1 Å². The molecule has 0 unspecified atom stereocenters.